The zero-order valence-electron chi connectivity index (χ0n) is 17.4. The van der Waals surface area contributed by atoms with Crippen LogP contribution in [0.5, 0.6) is 0 Å². The van der Waals surface area contributed by atoms with Crippen LogP contribution in [-0.4, -0.2) is 59.7 Å². The molecule has 0 bridgehead atoms. The van der Waals surface area contributed by atoms with Gasteiger partial charge in [-0.2, -0.15) is 0 Å². The van der Waals surface area contributed by atoms with Crippen molar-refractivity contribution in [1.82, 2.24) is 9.80 Å². The van der Waals surface area contributed by atoms with Crippen molar-refractivity contribution in [3.63, 3.8) is 0 Å². The Morgan fingerprint density at radius 3 is 2.46 bits per heavy atom. The summed E-state index contributed by atoms with van der Waals surface area (Å²) in [5, 5.41) is 0. The molecule has 2 saturated heterocycles. The van der Waals surface area contributed by atoms with Gasteiger partial charge in [-0.25, -0.2) is 4.79 Å². The third kappa shape index (κ3) is 4.32. The minimum atomic E-state index is -0.625. The molecule has 0 aliphatic carbocycles. The predicted molar refractivity (Wildman–Crippen MR) is 107 cm³/mol. The van der Waals surface area contributed by atoms with Crippen molar-refractivity contribution in [1.29, 1.82) is 0 Å². The van der Waals surface area contributed by atoms with Gasteiger partial charge in [0.05, 0.1) is 18.1 Å². The lowest BCUT2D eigenvalue weighted by Gasteiger charge is -2.44. The van der Waals surface area contributed by atoms with Gasteiger partial charge in [-0.3, -0.25) is 9.69 Å². The van der Waals surface area contributed by atoms with Gasteiger partial charge in [-0.1, -0.05) is 30.3 Å². The molecule has 0 spiro atoms. The molecule has 0 saturated carbocycles. The first-order chi connectivity index (χ1) is 13.2. The summed E-state index contributed by atoms with van der Waals surface area (Å²) in [4.78, 5) is 29.8. The summed E-state index contributed by atoms with van der Waals surface area (Å²) in [6.45, 7) is 10.6. The number of fused-ring (bicyclic) bond motifs is 1. The van der Waals surface area contributed by atoms with Gasteiger partial charge in [0, 0.05) is 19.6 Å². The molecule has 6 heteroatoms. The number of amides is 1. The van der Waals surface area contributed by atoms with Crippen LogP contribution in [0.2, 0.25) is 0 Å². The molecule has 1 aromatic rings. The molecule has 2 aliphatic rings. The highest BCUT2D eigenvalue weighted by Crippen LogP contribution is 2.45. The highest BCUT2D eigenvalue weighted by Gasteiger charge is 2.57. The van der Waals surface area contributed by atoms with E-state index in [9.17, 15) is 9.59 Å². The molecular formula is C22H32N2O4. The van der Waals surface area contributed by atoms with Gasteiger partial charge < -0.3 is 14.4 Å². The molecule has 3 rings (SSSR count). The van der Waals surface area contributed by atoms with Gasteiger partial charge in [-0.05, 0) is 52.6 Å². The van der Waals surface area contributed by atoms with Crippen LogP contribution in [0, 0.1) is 5.41 Å². The molecule has 154 valence electrons. The van der Waals surface area contributed by atoms with Crippen LogP contribution in [0.4, 0.5) is 4.79 Å². The van der Waals surface area contributed by atoms with E-state index in [1.807, 2.05) is 45.9 Å². The van der Waals surface area contributed by atoms with Crippen LogP contribution in [0.3, 0.4) is 0 Å². The lowest BCUT2D eigenvalue weighted by Crippen LogP contribution is -2.58. The maximum Gasteiger partial charge on any atom is 0.410 e. The fourth-order valence-electron chi connectivity index (χ4n) is 4.34. The lowest BCUT2D eigenvalue weighted by atomic mass is 9.74. The average Bonchev–Trinajstić information content (AvgIpc) is 3.02. The van der Waals surface area contributed by atoms with Crippen LogP contribution in [0.1, 0.15) is 46.1 Å². The van der Waals surface area contributed by atoms with E-state index in [-0.39, 0.29) is 18.1 Å². The van der Waals surface area contributed by atoms with E-state index >= 15 is 0 Å². The summed E-state index contributed by atoms with van der Waals surface area (Å²) in [5.74, 6) is -0.176. The maximum absolute atomic E-state index is 12.9. The fourth-order valence-corrected chi connectivity index (χ4v) is 4.34. The standard InChI is InChI=1S/C22H32N2O4/c1-5-27-19(25)22-11-13-23(15-17-9-7-6-8-10-17)16-18(22)24(14-12-22)20(26)28-21(2,3)4/h6-10,18H,5,11-16H2,1-4H3/t18-,22+/m0/s1. The van der Waals surface area contributed by atoms with Crippen LogP contribution in [0.25, 0.3) is 0 Å². The maximum atomic E-state index is 12.9. The normalized spacial score (nSPS) is 25.3. The molecule has 0 N–H and O–H groups in total. The second-order valence-electron chi connectivity index (χ2n) is 8.79. The third-order valence-electron chi connectivity index (χ3n) is 5.68. The minimum Gasteiger partial charge on any atom is -0.466 e. The number of esters is 1. The first-order valence-electron chi connectivity index (χ1n) is 10.2. The molecule has 0 radical (unpaired) electrons. The topological polar surface area (TPSA) is 59.1 Å². The van der Waals surface area contributed by atoms with E-state index in [1.54, 1.807) is 4.90 Å². The Bertz CT molecular complexity index is 700. The SMILES string of the molecule is CCOC(=O)[C@@]12CCN(Cc3ccccc3)C[C@@H]1N(C(=O)OC(C)(C)C)CC2. The zero-order chi connectivity index (χ0) is 20.4. The second kappa shape index (κ2) is 8.11. The van der Waals surface area contributed by atoms with Crippen LogP contribution in [0.15, 0.2) is 30.3 Å². The highest BCUT2D eigenvalue weighted by molar-refractivity contribution is 5.81. The van der Waals surface area contributed by atoms with Gasteiger partial charge in [0.15, 0.2) is 0 Å². The third-order valence-corrected chi connectivity index (χ3v) is 5.68. The van der Waals surface area contributed by atoms with E-state index < -0.39 is 11.0 Å². The average molecular weight is 389 g/mol. The molecule has 2 atom stereocenters. The van der Waals surface area contributed by atoms with Crippen LogP contribution >= 0.6 is 0 Å². The molecule has 1 aromatic carbocycles. The van der Waals surface area contributed by atoms with E-state index in [2.05, 4.69) is 17.0 Å². The number of benzene rings is 1. The van der Waals surface area contributed by atoms with Gasteiger partial charge in [-0.15, -0.1) is 0 Å². The van der Waals surface area contributed by atoms with Crippen molar-refractivity contribution < 1.29 is 19.1 Å². The van der Waals surface area contributed by atoms with Gasteiger partial charge >= 0.3 is 12.1 Å². The summed E-state index contributed by atoms with van der Waals surface area (Å²) in [6, 6.07) is 10.1. The Morgan fingerprint density at radius 2 is 1.82 bits per heavy atom. The Balaban J connectivity index is 1.81. The largest absolute Gasteiger partial charge is 0.466 e. The summed E-state index contributed by atoms with van der Waals surface area (Å²) in [5.41, 5.74) is 0.0399. The monoisotopic (exact) mass is 388 g/mol. The summed E-state index contributed by atoms with van der Waals surface area (Å²) in [6.07, 6.45) is 0.989. The van der Waals surface area contributed by atoms with Gasteiger partial charge in [0.25, 0.3) is 0 Å². The Hall–Kier alpha value is -2.08. The van der Waals surface area contributed by atoms with Crippen molar-refractivity contribution >= 4 is 12.1 Å². The van der Waals surface area contributed by atoms with Crippen molar-refractivity contribution in [3.8, 4) is 0 Å². The minimum absolute atomic E-state index is 0.176. The molecule has 0 aromatic heterocycles. The smallest absolute Gasteiger partial charge is 0.410 e. The van der Waals surface area contributed by atoms with Crippen LogP contribution < -0.4 is 0 Å². The highest BCUT2D eigenvalue weighted by atomic mass is 16.6. The number of hydrogen-bond acceptors (Lipinski definition) is 5. The number of hydrogen-bond donors (Lipinski definition) is 0. The fraction of sp³-hybridized carbons (Fsp3) is 0.636. The van der Waals surface area contributed by atoms with Crippen LogP contribution in [-0.2, 0) is 20.8 Å². The number of nitrogens with zero attached hydrogens (tertiary/aromatic N) is 2. The summed E-state index contributed by atoms with van der Waals surface area (Å²) >= 11 is 0. The Labute approximate surface area is 167 Å². The van der Waals surface area contributed by atoms with E-state index in [1.165, 1.54) is 5.56 Å². The molecule has 1 amide bonds. The number of carbonyl (C=O) groups excluding carboxylic acids is 2. The Kier molecular flexibility index (Phi) is 5.98. The van der Waals surface area contributed by atoms with Crippen molar-refractivity contribution in [2.24, 2.45) is 5.41 Å². The number of rotatable bonds is 4. The zero-order valence-corrected chi connectivity index (χ0v) is 17.4. The quantitative estimate of drug-likeness (QED) is 0.740. The van der Waals surface area contributed by atoms with E-state index in [0.717, 1.165) is 13.1 Å². The first kappa shape index (κ1) is 20.6. The van der Waals surface area contributed by atoms with Crippen molar-refractivity contribution in [2.45, 2.75) is 58.7 Å². The number of piperidine rings is 1. The number of likely N-dealkylation sites (tertiary alicyclic amines) is 2. The molecule has 2 aliphatic heterocycles. The number of ether oxygens (including phenoxy) is 2. The first-order valence-corrected chi connectivity index (χ1v) is 10.2. The second-order valence-corrected chi connectivity index (χ2v) is 8.79. The van der Waals surface area contributed by atoms with E-state index in [4.69, 9.17) is 9.47 Å². The van der Waals surface area contributed by atoms with Crippen molar-refractivity contribution in [2.75, 3.05) is 26.2 Å². The van der Waals surface area contributed by atoms with Gasteiger partial charge in [0.2, 0.25) is 0 Å². The Morgan fingerprint density at radius 1 is 1.14 bits per heavy atom. The molecule has 0 unspecified atom stereocenters. The van der Waals surface area contributed by atoms with Gasteiger partial charge in [0.1, 0.15) is 5.60 Å². The lowest BCUT2D eigenvalue weighted by molar-refractivity contribution is -0.160. The number of carbonyl (C=O) groups is 2. The summed E-state index contributed by atoms with van der Waals surface area (Å²) in [7, 11) is 0. The molecule has 2 fully saturated rings. The molecule has 2 heterocycles. The predicted octanol–water partition coefficient (Wildman–Crippen LogP) is 3.45. The molecule has 6 nitrogen and oxygen atoms in total. The summed E-state index contributed by atoms with van der Waals surface area (Å²) < 4.78 is 11.1. The molecule has 28 heavy (non-hydrogen) atoms. The molecular weight excluding hydrogens is 356 g/mol. The van der Waals surface area contributed by atoms with Crippen molar-refractivity contribution in [3.05, 3.63) is 35.9 Å². The van der Waals surface area contributed by atoms with E-state index in [0.29, 0.717) is 32.5 Å².